The van der Waals surface area contributed by atoms with E-state index in [4.69, 9.17) is 21.1 Å². The molecule has 0 unspecified atom stereocenters. The van der Waals surface area contributed by atoms with Gasteiger partial charge in [0.2, 0.25) is 0 Å². The molecule has 0 spiro atoms. The van der Waals surface area contributed by atoms with Crippen molar-refractivity contribution in [3.8, 4) is 22.8 Å². The van der Waals surface area contributed by atoms with Crippen LogP contribution in [-0.2, 0) is 16.0 Å². The van der Waals surface area contributed by atoms with E-state index >= 15 is 0 Å². The number of carbonyl (C=O) groups is 2. The summed E-state index contributed by atoms with van der Waals surface area (Å²) < 4.78 is 6.89. The number of benzene rings is 2. The number of hydrogen-bond donors (Lipinski definition) is 1. The molecule has 0 bridgehead atoms. The van der Waals surface area contributed by atoms with Crippen molar-refractivity contribution in [2.45, 2.75) is 6.42 Å². The Kier molecular flexibility index (Phi) is 7.05. The summed E-state index contributed by atoms with van der Waals surface area (Å²) in [6.45, 7) is 0. The van der Waals surface area contributed by atoms with Gasteiger partial charge < -0.3 is 5.11 Å². The van der Waals surface area contributed by atoms with Gasteiger partial charge in [-0.1, -0.05) is 0 Å². The van der Waals surface area contributed by atoms with Gasteiger partial charge in [0.15, 0.2) is 0 Å². The van der Waals surface area contributed by atoms with Gasteiger partial charge in [-0.15, -0.1) is 0 Å². The van der Waals surface area contributed by atoms with Crippen LogP contribution in [0.25, 0.3) is 28.9 Å². The summed E-state index contributed by atoms with van der Waals surface area (Å²) >= 11 is 7.06. The van der Waals surface area contributed by atoms with Gasteiger partial charge in [0.1, 0.15) is 0 Å². The van der Waals surface area contributed by atoms with Crippen molar-refractivity contribution in [2.24, 2.45) is 0 Å². The fraction of sp³-hybridized carbons (Fsp3) is 0.0417. The summed E-state index contributed by atoms with van der Waals surface area (Å²) in [7, 11) is 0. The molecular formula is C24H16AsClNO4S. The number of aromatic nitrogens is 1. The summed E-state index contributed by atoms with van der Waals surface area (Å²) in [5, 5.41) is 11.7. The van der Waals surface area contributed by atoms with Gasteiger partial charge in [-0.25, -0.2) is 0 Å². The van der Waals surface area contributed by atoms with Crippen LogP contribution >= 0.6 is 22.9 Å². The first kappa shape index (κ1) is 22.3. The van der Waals surface area contributed by atoms with Crippen LogP contribution in [0.3, 0.4) is 0 Å². The molecule has 0 aliphatic heterocycles. The third kappa shape index (κ3) is 5.65. The Bertz CT molecular complexity index is 1300. The standard InChI is InChI=1S/C24H16AsClNO4S/c26-18-12-16(25-22(28)11-6-15-4-2-1-3-5-15)7-8-17(18)20-9-10-21(31-20)19-14-32-23(27-19)13-24(29)30/h1-12,14H,13H2,(H,29,30)/b11-6+. The molecule has 8 heteroatoms. The molecule has 5 nitrogen and oxygen atoms in total. The van der Waals surface area contributed by atoms with Gasteiger partial charge in [-0.05, 0) is 0 Å². The normalized spacial score (nSPS) is 11.5. The SMILES string of the molecule is O=C(O)Cc1nc(-c2ccc(-c3ccc([As]C(=O)/C=C/c4ccccc4)cc3Cl)o2)cs1. The van der Waals surface area contributed by atoms with Crippen LogP contribution in [0.15, 0.2) is 76.5 Å². The van der Waals surface area contributed by atoms with Crippen LogP contribution in [0.1, 0.15) is 10.6 Å². The average molecular weight is 525 g/mol. The molecule has 32 heavy (non-hydrogen) atoms. The number of nitrogens with zero attached hydrogens (tertiary/aromatic N) is 1. The van der Waals surface area contributed by atoms with Crippen LogP contribution < -0.4 is 4.35 Å². The van der Waals surface area contributed by atoms with Gasteiger partial charge in [0.05, 0.1) is 0 Å². The number of allylic oxidation sites excluding steroid dienone is 1. The number of carboxylic acid groups (broad SMARTS) is 1. The fourth-order valence-corrected chi connectivity index (χ4v) is 5.70. The van der Waals surface area contributed by atoms with Crippen LogP contribution in [0.4, 0.5) is 0 Å². The number of thiazole rings is 1. The monoisotopic (exact) mass is 524 g/mol. The number of carboxylic acids is 1. The molecule has 159 valence electrons. The second-order valence-electron chi connectivity index (χ2n) is 6.72. The molecule has 0 saturated carbocycles. The minimum atomic E-state index is -0.922. The Balaban J connectivity index is 1.45. The van der Waals surface area contributed by atoms with Crippen molar-refractivity contribution >= 4 is 59.7 Å². The molecule has 0 atom stereocenters. The molecule has 0 fully saturated rings. The quantitative estimate of drug-likeness (QED) is 0.261. The van der Waals surface area contributed by atoms with E-state index in [0.29, 0.717) is 27.2 Å². The molecule has 1 N–H and O–H groups in total. The van der Waals surface area contributed by atoms with Crippen LogP contribution in [0.5, 0.6) is 0 Å². The zero-order chi connectivity index (χ0) is 22.5. The van der Waals surface area contributed by atoms with Crippen LogP contribution in [0.2, 0.25) is 5.02 Å². The number of hydrogen-bond acceptors (Lipinski definition) is 5. The van der Waals surface area contributed by atoms with Crippen molar-refractivity contribution in [1.29, 1.82) is 0 Å². The van der Waals surface area contributed by atoms with Crippen molar-refractivity contribution < 1.29 is 19.1 Å². The van der Waals surface area contributed by atoms with E-state index in [2.05, 4.69) is 4.98 Å². The molecule has 1 radical (unpaired) electrons. The number of aliphatic carboxylic acids is 1. The first-order valence-electron chi connectivity index (χ1n) is 9.53. The molecule has 0 aliphatic carbocycles. The summed E-state index contributed by atoms with van der Waals surface area (Å²) in [6, 6.07) is 18.8. The predicted octanol–water partition coefficient (Wildman–Crippen LogP) is 4.92. The summed E-state index contributed by atoms with van der Waals surface area (Å²) in [6.07, 6.45) is 3.31. The number of rotatable bonds is 8. The molecule has 0 saturated heterocycles. The number of carbonyl (C=O) groups excluding carboxylic acids is 1. The zero-order valence-corrected chi connectivity index (χ0v) is 20.0. The Morgan fingerprint density at radius 3 is 2.62 bits per heavy atom. The van der Waals surface area contributed by atoms with Crippen LogP contribution in [0, 0.1) is 0 Å². The van der Waals surface area contributed by atoms with Gasteiger partial charge >= 0.3 is 191 Å². The van der Waals surface area contributed by atoms with Crippen molar-refractivity contribution in [1.82, 2.24) is 4.98 Å². The average Bonchev–Trinajstić information content (AvgIpc) is 3.42. The summed E-state index contributed by atoms with van der Waals surface area (Å²) in [4.78, 5) is 27.5. The minimum absolute atomic E-state index is 0.0786. The maximum absolute atomic E-state index is 12.3. The molecular weight excluding hydrogens is 509 g/mol. The second kappa shape index (κ2) is 10.1. The first-order valence-corrected chi connectivity index (χ1v) is 12.7. The molecule has 4 rings (SSSR count). The maximum atomic E-state index is 12.3. The second-order valence-corrected chi connectivity index (χ2v) is 10.5. The van der Waals surface area contributed by atoms with E-state index in [1.165, 1.54) is 11.3 Å². The van der Waals surface area contributed by atoms with Crippen molar-refractivity contribution in [3.05, 3.63) is 87.7 Å². The third-order valence-electron chi connectivity index (χ3n) is 4.39. The Morgan fingerprint density at radius 1 is 1.09 bits per heavy atom. The van der Waals surface area contributed by atoms with E-state index in [1.54, 1.807) is 29.7 Å². The third-order valence-corrected chi connectivity index (χ3v) is 7.45. The summed E-state index contributed by atoms with van der Waals surface area (Å²) in [5.41, 5.74) is 2.29. The van der Waals surface area contributed by atoms with Crippen molar-refractivity contribution in [3.63, 3.8) is 0 Å². The molecule has 4 aromatic rings. The Morgan fingerprint density at radius 2 is 1.88 bits per heavy atom. The predicted molar refractivity (Wildman–Crippen MR) is 127 cm³/mol. The van der Waals surface area contributed by atoms with E-state index in [0.717, 1.165) is 15.5 Å². The molecule has 2 heterocycles. The Hall–Kier alpha value is -2.92. The van der Waals surface area contributed by atoms with Crippen molar-refractivity contribution in [2.75, 3.05) is 0 Å². The number of halogens is 1. The Labute approximate surface area is 200 Å². The van der Waals surface area contributed by atoms with Gasteiger partial charge in [-0.3, -0.25) is 4.79 Å². The van der Waals surface area contributed by atoms with Gasteiger partial charge in [0, 0.05) is 0 Å². The van der Waals surface area contributed by atoms with E-state index in [9.17, 15) is 9.59 Å². The molecule has 2 aromatic carbocycles. The fourth-order valence-electron chi connectivity index (χ4n) is 2.92. The topological polar surface area (TPSA) is 80.4 Å². The first-order chi connectivity index (χ1) is 15.5. The molecule has 0 amide bonds. The van der Waals surface area contributed by atoms with Gasteiger partial charge in [-0.2, -0.15) is 0 Å². The number of furan rings is 1. The zero-order valence-electron chi connectivity index (χ0n) is 16.6. The molecule has 2 aromatic heterocycles. The van der Waals surface area contributed by atoms with Crippen LogP contribution in [-0.4, -0.2) is 36.4 Å². The van der Waals surface area contributed by atoms with Gasteiger partial charge in [0.25, 0.3) is 0 Å². The summed E-state index contributed by atoms with van der Waals surface area (Å²) in [5.74, 6) is 0.200. The van der Waals surface area contributed by atoms with E-state index < -0.39 is 21.7 Å². The molecule has 0 aliphatic rings. The van der Waals surface area contributed by atoms with E-state index in [-0.39, 0.29) is 11.0 Å². The van der Waals surface area contributed by atoms with E-state index in [1.807, 2.05) is 48.5 Å².